The highest BCUT2D eigenvalue weighted by molar-refractivity contribution is 6.34. The van der Waals surface area contributed by atoms with Crippen LogP contribution in [0.5, 0.6) is 11.5 Å². The smallest absolute Gasteiger partial charge is 0.335 e. The Morgan fingerprint density at radius 2 is 1.67 bits per heavy atom. The molecule has 0 fully saturated rings. The van der Waals surface area contributed by atoms with Crippen molar-refractivity contribution < 1.29 is 29.0 Å². The van der Waals surface area contributed by atoms with Crippen LogP contribution >= 0.6 is 23.2 Å². The van der Waals surface area contributed by atoms with Crippen molar-refractivity contribution in [3.05, 3.63) is 105 Å². The molecule has 4 rings (SSSR count). The molecule has 12 heteroatoms. The Morgan fingerprint density at radius 1 is 1.02 bits per heavy atom. The number of carbonyl (C=O) groups excluding carboxylic acids is 2. The minimum atomic E-state index is -1.23. The molecule has 0 saturated heterocycles. The van der Waals surface area contributed by atoms with E-state index in [0.717, 1.165) is 0 Å². The van der Waals surface area contributed by atoms with E-state index in [1.54, 1.807) is 48.3 Å². The summed E-state index contributed by atoms with van der Waals surface area (Å²) < 4.78 is 11.2. The number of rotatable bonds is 13. The van der Waals surface area contributed by atoms with Crippen LogP contribution in [0.2, 0.25) is 10.0 Å². The topological polar surface area (TPSA) is 134 Å². The second kappa shape index (κ2) is 14.9. The molecule has 3 aromatic rings. The molecule has 43 heavy (non-hydrogen) atoms. The zero-order valence-electron chi connectivity index (χ0n) is 23.5. The molecule has 1 atom stereocenters. The second-order valence-electron chi connectivity index (χ2n) is 9.79. The molecule has 0 saturated carbocycles. The lowest BCUT2D eigenvalue weighted by Gasteiger charge is -2.38. The molecule has 1 aliphatic heterocycles. The van der Waals surface area contributed by atoms with Crippen molar-refractivity contribution in [2.45, 2.75) is 12.5 Å². The van der Waals surface area contributed by atoms with Crippen molar-refractivity contribution in [1.29, 1.82) is 0 Å². The van der Waals surface area contributed by atoms with Crippen LogP contribution in [0.25, 0.3) is 0 Å². The maximum atomic E-state index is 13.3. The van der Waals surface area contributed by atoms with Crippen LogP contribution in [0.15, 0.2) is 84.1 Å². The minimum absolute atomic E-state index is 0.0720. The second-order valence-corrected chi connectivity index (χ2v) is 10.7. The number of hydrogen-bond donors (Lipinski definition) is 3. The summed E-state index contributed by atoms with van der Waals surface area (Å²) in [7, 11) is 1.66. The van der Waals surface area contributed by atoms with Gasteiger partial charge in [0.2, 0.25) is 0 Å². The standard InChI is InChI=1S/C31H32Cl2N4O6/c1-36(29(38)20-8-10-25(11-9-20)43-24-6-3-2-4-7-24)13-5-14-37-28(21-16-22(32)18-23(33)17-21)27(30(39)40)26(35-31(37)41)19-42-15-12-34/h2-4,6-11,16-18,28H,5,12-15,19,34H2,1H3,(H,35,41)(H,39,40). The first kappa shape index (κ1) is 31.8. The number of halogens is 2. The van der Waals surface area contributed by atoms with Gasteiger partial charge in [-0.05, 0) is 66.6 Å². The highest BCUT2D eigenvalue weighted by atomic mass is 35.5. The molecular formula is C31H32Cl2N4O6. The van der Waals surface area contributed by atoms with Crippen molar-refractivity contribution >= 4 is 41.1 Å². The number of carboxylic acid groups (broad SMARTS) is 1. The normalized spacial score (nSPS) is 14.8. The highest BCUT2D eigenvalue weighted by Gasteiger charge is 2.39. The number of urea groups is 1. The number of carbonyl (C=O) groups is 3. The molecule has 10 nitrogen and oxygen atoms in total. The summed E-state index contributed by atoms with van der Waals surface area (Å²) in [5.74, 6) is -0.152. The summed E-state index contributed by atoms with van der Waals surface area (Å²) in [5.41, 5.74) is 6.45. The van der Waals surface area contributed by atoms with Gasteiger partial charge in [0.25, 0.3) is 5.91 Å². The fourth-order valence-electron chi connectivity index (χ4n) is 4.72. The first-order valence-electron chi connectivity index (χ1n) is 13.5. The van der Waals surface area contributed by atoms with Crippen molar-refractivity contribution in [3.8, 4) is 11.5 Å². The number of nitrogens with one attached hydrogen (secondary N) is 1. The molecule has 3 aromatic carbocycles. The summed E-state index contributed by atoms with van der Waals surface area (Å²) >= 11 is 12.5. The number of ether oxygens (including phenoxy) is 2. The lowest BCUT2D eigenvalue weighted by atomic mass is 9.93. The Morgan fingerprint density at radius 3 is 2.30 bits per heavy atom. The third kappa shape index (κ3) is 8.26. The van der Waals surface area contributed by atoms with Crippen molar-refractivity contribution in [3.63, 3.8) is 0 Å². The third-order valence-corrected chi connectivity index (χ3v) is 7.12. The molecule has 3 amide bonds. The van der Waals surface area contributed by atoms with E-state index in [4.69, 9.17) is 38.4 Å². The van der Waals surface area contributed by atoms with Gasteiger partial charge in [-0.2, -0.15) is 0 Å². The minimum Gasteiger partial charge on any atom is -0.478 e. The van der Waals surface area contributed by atoms with Gasteiger partial charge in [0.15, 0.2) is 0 Å². The maximum absolute atomic E-state index is 13.3. The van der Waals surface area contributed by atoms with Gasteiger partial charge >= 0.3 is 12.0 Å². The molecule has 0 radical (unpaired) electrons. The fourth-order valence-corrected chi connectivity index (χ4v) is 5.27. The number of nitrogens with zero attached hydrogens (tertiary/aromatic N) is 2. The lowest BCUT2D eigenvalue weighted by molar-refractivity contribution is -0.133. The predicted molar refractivity (Wildman–Crippen MR) is 164 cm³/mol. The number of para-hydroxylation sites is 1. The molecule has 4 N–H and O–H groups in total. The first-order valence-corrected chi connectivity index (χ1v) is 14.3. The highest BCUT2D eigenvalue weighted by Crippen LogP contribution is 2.36. The largest absolute Gasteiger partial charge is 0.478 e. The molecule has 1 unspecified atom stereocenters. The number of aliphatic carboxylic acids is 1. The number of benzene rings is 3. The van der Waals surface area contributed by atoms with Crippen LogP contribution < -0.4 is 15.8 Å². The summed E-state index contributed by atoms with van der Waals surface area (Å²) in [5, 5.41) is 13.5. The summed E-state index contributed by atoms with van der Waals surface area (Å²) in [6, 6.07) is 19.3. The monoisotopic (exact) mass is 626 g/mol. The van der Waals surface area contributed by atoms with E-state index in [1.807, 2.05) is 30.3 Å². The average molecular weight is 628 g/mol. The van der Waals surface area contributed by atoms with Crippen LogP contribution in [0.1, 0.15) is 28.4 Å². The van der Waals surface area contributed by atoms with Gasteiger partial charge in [-0.15, -0.1) is 0 Å². The number of amides is 3. The summed E-state index contributed by atoms with van der Waals surface area (Å²) in [6.45, 7) is 0.714. The van der Waals surface area contributed by atoms with Gasteiger partial charge in [-0.3, -0.25) is 4.79 Å². The first-order chi connectivity index (χ1) is 20.7. The molecular weight excluding hydrogens is 595 g/mol. The zero-order valence-corrected chi connectivity index (χ0v) is 25.0. The predicted octanol–water partition coefficient (Wildman–Crippen LogP) is 5.33. The van der Waals surface area contributed by atoms with Gasteiger partial charge in [-0.25, -0.2) is 9.59 Å². The van der Waals surface area contributed by atoms with Gasteiger partial charge < -0.3 is 35.4 Å². The average Bonchev–Trinajstić information content (AvgIpc) is 2.97. The number of hydrogen-bond acceptors (Lipinski definition) is 6. The Balaban J connectivity index is 1.48. The van der Waals surface area contributed by atoms with Crippen molar-refractivity contribution in [1.82, 2.24) is 15.1 Å². The SMILES string of the molecule is CN(CCCN1C(=O)NC(COCCN)=C(C(=O)O)C1c1cc(Cl)cc(Cl)c1)C(=O)c1ccc(Oc2ccccc2)cc1. The van der Waals surface area contributed by atoms with Gasteiger partial charge in [0.1, 0.15) is 11.5 Å². The molecule has 0 bridgehead atoms. The Kier molecular flexibility index (Phi) is 11.0. The zero-order chi connectivity index (χ0) is 30.9. The van der Waals surface area contributed by atoms with E-state index in [9.17, 15) is 19.5 Å². The molecule has 1 aliphatic rings. The molecule has 0 aliphatic carbocycles. The van der Waals surface area contributed by atoms with Crippen LogP contribution in [-0.2, 0) is 9.53 Å². The molecule has 0 aromatic heterocycles. The van der Waals surface area contributed by atoms with E-state index < -0.39 is 18.0 Å². The van der Waals surface area contributed by atoms with Crippen LogP contribution in [-0.4, -0.2) is 72.7 Å². The van der Waals surface area contributed by atoms with Crippen LogP contribution in [0.3, 0.4) is 0 Å². The number of nitrogens with two attached hydrogens (primary N) is 1. The van der Waals surface area contributed by atoms with E-state index in [1.165, 1.54) is 11.0 Å². The van der Waals surface area contributed by atoms with Gasteiger partial charge in [0.05, 0.1) is 30.5 Å². The van der Waals surface area contributed by atoms with E-state index in [0.29, 0.717) is 45.6 Å². The van der Waals surface area contributed by atoms with Crippen LogP contribution in [0.4, 0.5) is 4.79 Å². The van der Waals surface area contributed by atoms with Crippen molar-refractivity contribution in [2.75, 3.05) is 39.9 Å². The van der Waals surface area contributed by atoms with Crippen molar-refractivity contribution in [2.24, 2.45) is 5.73 Å². The maximum Gasteiger partial charge on any atom is 0.335 e. The quantitative estimate of drug-likeness (QED) is 0.218. The molecule has 0 spiro atoms. The Hall–Kier alpha value is -4.09. The lowest BCUT2D eigenvalue weighted by Crippen LogP contribution is -2.50. The Labute approximate surface area is 259 Å². The Bertz CT molecular complexity index is 1460. The summed E-state index contributed by atoms with van der Waals surface area (Å²) in [6.07, 6.45) is 0.363. The number of carboxylic acids is 1. The third-order valence-electron chi connectivity index (χ3n) is 6.69. The summed E-state index contributed by atoms with van der Waals surface area (Å²) in [4.78, 5) is 41.8. The van der Waals surface area contributed by atoms with Gasteiger partial charge in [-0.1, -0.05) is 41.4 Å². The molecule has 1 heterocycles. The van der Waals surface area contributed by atoms with Gasteiger partial charge in [0, 0.05) is 42.3 Å². The van der Waals surface area contributed by atoms with E-state index in [-0.39, 0.29) is 43.5 Å². The van der Waals surface area contributed by atoms with E-state index >= 15 is 0 Å². The van der Waals surface area contributed by atoms with E-state index in [2.05, 4.69) is 5.32 Å². The van der Waals surface area contributed by atoms with Crippen LogP contribution in [0, 0.1) is 0 Å². The fraction of sp³-hybridized carbons (Fsp3) is 0.258. The molecule has 226 valence electrons.